The SMILES string of the molecule is NCCCNP(O)O. The van der Waals surface area contributed by atoms with Crippen LogP contribution in [0, 0.1) is 0 Å². The Morgan fingerprint density at radius 2 is 2.12 bits per heavy atom. The summed E-state index contributed by atoms with van der Waals surface area (Å²) < 4.78 is 0. The maximum absolute atomic E-state index is 8.25. The van der Waals surface area contributed by atoms with E-state index in [4.69, 9.17) is 15.5 Å². The van der Waals surface area contributed by atoms with Gasteiger partial charge in [0, 0.05) is 6.54 Å². The van der Waals surface area contributed by atoms with Gasteiger partial charge in [0.2, 0.25) is 8.53 Å². The molecule has 0 aliphatic heterocycles. The highest BCUT2D eigenvalue weighted by Gasteiger charge is 1.92. The van der Waals surface area contributed by atoms with E-state index in [2.05, 4.69) is 5.09 Å². The second-order valence-corrected chi connectivity index (χ2v) is 2.23. The Labute approximate surface area is 49.7 Å². The Kier molecular flexibility index (Phi) is 5.59. The Morgan fingerprint density at radius 3 is 2.50 bits per heavy atom. The quantitative estimate of drug-likeness (QED) is 0.301. The Morgan fingerprint density at radius 1 is 1.50 bits per heavy atom. The Hall–Kier alpha value is 0.270. The molecule has 0 unspecified atom stereocenters. The van der Waals surface area contributed by atoms with Crippen molar-refractivity contribution in [3.8, 4) is 0 Å². The Balaban J connectivity index is 2.72. The van der Waals surface area contributed by atoms with Gasteiger partial charge in [0.25, 0.3) is 0 Å². The molecular formula is C3H11N2O2P. The van der Waals surface area contributed by atoms with Crippen LogP contribution in [-0.4, -0.2) is 22.9 Å². The zero-order valence-corrected chi connectivity index (χ0v) is 5.43. The van der Waals surface area contributed by atoms with Gasteiger partial charge in [-0.05, 0) is 13.0 Å². The third kappa shape index (κ3) is 6.27. The van der Waals surface area contributed by atoms with Gasteiger partial charge >= 0.3 is 0 Å². The summed E-state index contributed by atoms with van der Waals surface area (Å²) in [5.74, 6) is 0. The highest BCUT2D eigenvalue weighted by Crippen LogP contribution is 2.13. The van der Waals surface area contributed by atoms with E-state index in [0.29, 0.717) is 13.1 Å². The highest BCUT2D eigenvalue weighted by atomic mass is 31.2. The second kappa shape index (κ2) is 5.41. The average molecular weight is 138 g/mol. The van der Waals surface area contributed by atoms with Crippen LogP contribution in [0.1, 0.15) is 6.42 Å². The van der Waals surface area contributed by atoms with Gasteiger partial charge in [-0.1, -0.05) is 0 Å². The third-order valence-corrected chi connectivity index (χ3v) is 1.14. The summed E-state index contributed by atoms with van der Waals surface area (Å²) in [6.45, 7) is 1.16. The van der Waals surface area contributed by atoms with Gasteiger partial charge < -0.3 is 15.5 Å². The van der Waals surface area contributed by atoms with Gasteiger partial charge in [-0.3, -0.25) is 5.09 Å². The highest BCUT2D eigenvalue weighted by molar-refractivity contribution is 7.42. The van der Waals surface area contributed by atoms with E-state index in [0.717, 1.165) is 6.42 Å². The van der Waals surface area contributed by atoms with Crippen LogP contribution in [0.3, 0.4) is 0 Å². The van der Waals surface area contributed by atoms with E-state index >= 15 is 0 Å². The van der Waals surface area contributed by atoms with Gasteiger partial charge in [0.1, 0.15) is 0 Å². The fraction of sp³-hybridized carbons (Fsp3) is 1.00. The van der Waals surface area contributed by atoms with Crippen molar-refractivity contribution < 1.29 is 9.79 Å². The van der Waals surface area contributed by atoms with Crippen molar-refractivity contribution in [1.82, 2.24) is 5.09 Å². The average Bonchev–Trinajstić information content (AvgIpc) is 1.66. The first-order valence-electron chi connectivity index (χ1n) is 2.39. The predicted octanol–water partition coefficient (Wildman–Crippen LogP) is -0.864. The normalized spacial score (nSPS) is 10.5. The van der Waals surface area contributed by atoms with E-state index in [-0.39, 0.29) is 0 Å². The monoisotopic (exact) mass is 138 g/mol. The van der Waals surface area contributed by atoms with Crippen LogP contribution in [0.15, 0.2) is 0 Å². The minimum Gasteiger partial charge on any atom is -0.338 e. The number of nitrogens with one attached hydrogen (secondary N) is 1. The Bertz CT molecular complexity index is 52.5. The van der Waals surface area contributed by atoms with E-state index in [1.54, 1.807) is 0 Å². The molecule has 0 radical (unpaired) electrons. The first-order chi connectivity index (χ1) is 3.77. The first kappa shape index (κ1) is 8.27. The van der Waals surface area contributed by atoms with Gasteiger partial charge in [0.15, 0.2) is 0 Å². The molecule has 5 N–H and O–H groups in total. The van der Waals surface area contributed by atoms with Crippen LogP contribution < -0.4 is 10.8 Å². The van der Waals surface area contributed by atoms with Crippen LogP contribution in [-0.2, 0) is 0 Å². The van der Waals surface area contributed by atoms with Crippen molar-refractivity contribution in [3.63, 3.8) is 0 Å². The molecule has 0 rings (SSSR count). The molecule has 0 spiro atoms. The van der Waals surface area contributed by atoms with Gasteiger partial charge in [-0.2, -0.15) is 0 Å². The molecule has 0 saturated heterocycles. The van der Waals surface area contributed by atoms with Crippen molar-refractivity contribution in [3.05, 3.63) is 0 Å². The molecular weight excluding hydrogens is 127 g/mol. The molecule has 0 aliphatic rings. The summed E-state index contributed by atoms with van der Waals surface area (Å²) in [4.78, 5) is 16.5. The second-order valence-electron chi connectivity index (χ2n) is 1.34. The molecule has 5 heteroatoms. The molecule has 0 aromatic heterocycles. The summed E-state index contributed by atoms with van der Waals surface area (Å²) in [6.07, 6.45) is 0.778. The lowest BCUT2D eigenvalue weighted by molar-refractivity contribution is 0.464. The van der Waals surface area contributed by atoms with Crippen molar-refractivity contribution in [2.45, 2.75) is 6.42 Å². The summed E-state index contributed by atoms with van der Waals surface area (Å²) >= 11 is 0. The number of nitrogens with two attached hydrogens (primary N) is 1. The topological polar surface area (TPSA) is 78.5 Å². The first-order valence-corrected chi connectivity index (χ1v) is 3.63. The molecule has 0 aromatic carbocycles. The molecule has 0 atom stereocenters. The minimum absolute atomic E-state index is 0.579. The summed E-state index contributed by atoms with van der Waals surface area (Å²) in [6, 6.07) is 0. The number of hydrogen-bond acceptors (Lipinski definition) is 4. The smallest absolute Gasteiger partial charge is 0.250 e. The molecule has 8 heavy (non-hydrogen) atoms. The molecule has 4 nitrogen and oxygen atoms in total. The van der Waals surface area contributed by atoms with Gasteiger partial charge in [-0.25, -0.2) is 0 Å². The molecule has 0 saturated carbocycles. The molecule has 0 bridgehead atoms. The molecule has 0 aliphatic carbocycles. The molecule has 0 amide bonds. The molecule has 0 aromatic rings. The fourth-order valence-electron chi connectivity index (χ4n) is 0.281. The van der Waals surface area contributed by atoms with Crippen molar-refractivity contribution >= 4 is 8.53 Å². The van der Waals surface area contributed by atoms with Crippen LogP contribution in [0.2, 0.25) is 0 Å². The maximum Gasteiger partial charge on any atom is 0.250 e. The third-order valence-electron chi connectivity index (χ3n) is 0.634. The lowest BCUT2D eigenvalue weighted by Gasteiger charge is -2.01. The van der Waals surface area contributed by atoms with Gasteiger partial charge in [-0.15, -0.1) is 0 Å². The molecule has 0 fully saturated rings. The fourth-order valence-corrected chi connectivity index (χ4v) is 0.639. The van der Waals surface area contributed by atoms with Crippen LogP contribution in [0.25, 0.3) is 0 Å². The summed E-state index contributed by atoms with van der Waals surface area (Å²) in [5, 5.41) is 2.44. The largest absolute Gasteiger partial charge is 0.338 e. The summed E-state index contributed by atoms with van der Waals surface area (Å²) in [7, 11) is -1.92. The van der Waals surface area contributed by atoms with E-state index in [1.165, 1.54) is 0 Å². The zero-order chi connectivity index (χ0) is 6.41. The number of hydrogen-bond donors (Lipinski definition) is 4. The molecule has 0 heterocycles. The van der Waals surface area contributed by atoms with Crippen molar-refractivity contribution in [2.75, 3.05) is 13.1 Å². The van der Waals surface area contributed by atoms with E-state index < -0.39 is 8.53 Å². The van der Waals surface area contributed by atoms with Crippen molar-refractivity contribution in [2.24, 2.45) is 5.73 Å². The van der Waals surface area contributed by atoms with E-state index in [9.17, 15) is 0 Å². The number of rotatable bonds is 4. The van der Waals surface area contributed by atoms with Crippen LogP contribution in [0.5, 0.6) is 0 Å². The summed E-state index contributed by atoms with van der Waals surface area (Å²) in [5.41, 5.74) is 5.12. The van der Waals surface area contributed by atoms with E-state index in [1.807, 2.05) is 0 Å². The van der Waals surface area contributed by atoms with Gasteiger partial charge in [0.05, 0.1) is 0 Å². The van der Waals surface area contributed by atoms with Crippen molar-refractivity contribution in [1.29, 1.82) is 0 Å². The lowest BCUT2D eigenvalue weighted by Crippen LogP contribution is -2.12. The standard InChI is InChI=1S/C3H11N2O2P/c4-2-1-3-5-8(6)7/h5-7H,1-4H2. The molecule has 50 valence electrons. The van der Waals surface area contributed by atoms with Crippen LogP contribution in [0.4, 0.5) is 0 Å². The lowest BCUT2D eigenvalue weighted by atomic mass is 10.4. The zero-order valence-electron chi connectivity index (χ0n) is 4.54. The minimum atomic E-state index is -1.92. The maximum atomic E-state index is 8.25. The predicted molar refractivity (Wildman–Crippen MR) is 33.0 cm³/mol. The van der Waals surface area contributed by atoms with Crippen LogP contribution >= 0.6 is 8.53 Å².